The van der Waals surface area contributed by atoms with Crippen molar-refractivity contribution in [3.8, 4) is 0 Å². The van der Waals surface area contributed by atoms with E-state index >= 15 is 0 Å². The van der Waals surface area contributed by atoms with Gasteiger partial charge in [-0.15, -0.1) is 0 Å². The summed E-state index contributed by atoms with van der Waals surface area (Å²) in [5, 5.41) is 0. The Hall–Kier alpha value is -1.41. The molecule has 0 amide bonds. The Morgan fingerprint density at radius 2 is 1.20 bits per heavy atom. The Kier molecular flexibility index (Phi) is 15.6. The maximum Gasteiger partial charge on any atom is 0.142 e. The van der Waals surface area contributed by atoms with Gasteiger partial charge in [0.15, 0.2) is 0 Å². The van der Waals surface area contributed by atoms with Gasteiger partial charge in [0, 0.05) is 6.54 Å². The van der Waals surface area contributed by atoms with Crippen LogP contribution < -0.4 is 0 Å². The van der Waals surface area contributed by atoms with Gasteiger partial charge < -0.3 is 4.90 Å². The lowest BCUT2D eigenvalue weighted by molar-refractivity contribution is -0.104. The molecule has 1 aromatic rings. The van der Waals surface area contributed by atoms with Gasteiger partial charge in [0.25, 0.3) is 0 Å². The summed E-state index contributed by atoms with van der Waals surface area (Å²) in [6, 6.07) is 9.65. The molecular formula is C38H63NO. The van der Waals surface area contributed by atoms with E-state index in [1.165, 1.54) is 82.3 Å². The molecule has 1 aromatic carbocycles. The first-order valence-corrected chi connectivity index (χ1v) is 17.3. The quantitative estimate of drug-likeness (QED) is 0.139. The van der Waals surface area contributed by atoms with Gasteiger partial charge in [0.2, 0.25) is 0 Å². The summed E-state index contributed by atoms with van der Waals surface area (Å²) in [5.41, 5.74) is 3.10. The van der Waals surface area contributed by atoms with Gasteiger partial charge in [0.1, 0.15) is 6.29 Å². The Labute approximate surface area is 248 Å². The summed E-state index contributed by atoms with van der Waals surface area (Å²) in [5.74, 6) is 6.14. The van der Waals surface area contributed by atoms with E-state index in [9.17, 15) is 0 Å². The number of carbonyl (C=O) groups excluding carboxylic acids is 1. The largest absolute Gasteiger partial charge is 0.309 e. The fraction of sp³-hybridized carbons (Fsp3) is 0.763. The smallest absolute Gasteiger partial charge is 0.142 e. The standard InChI is InChI=1S/C35H59N.C3H4O/c1-4-5-6-7-28-10-18-32(19-11-28)33-20-12-29(13-21-33)8-9-30-14-22-34(23-15-30)35-24-16-31(17-25-35)26-27-36(2)3;1-2-3-4/h16-17,24-25,28-30,32-34H,4-15,18-23,26-27H2,1-3H3;2-3H,1H2. The molecule has 226 valence electrons. The lowest BCUT2D eigenvalue weighted by atomic mass is 9.67. The highest BCUT2D eigenvalue weighted by Crippen LogP contribution is 2.44. The Morgan fingerprint density at radius 3 is 1.65 bits per heavy atom. The number of hydrogen-bond acceptors (Lipinski definition) is 2. The molecule has 2 nitrogen and oxygen atoms in total. The number of nitrogens with zero attached hydrogens (tertiary/aromatic N) is 1. The fourth-order valence-electron chi connectivity index (χ4n) is 8.14. The second-order valence-electron chi connectivity index (χ2n) is 14.0. The molecule has 3 saturated carbocycles. The van der Waals surface area contributed by atoms with Crippen molar-refractivity contribution in [2.24, 2.45) is 29.6 Å². The van der Waals surface area contributed by atoms with Crippen LogP contribution in [-0.2, 0) is 11.2 Å². The van der Waals surface area contributed by atoms with Crippen LogP contribution in [0.1, 0.15) is 140 Å². The Bertz CT molecular complexity index is 783. The molecule has 0 aromatic heterocycles. The molecule has 3 fully saturated rings. The van der Waals surface area contributed by atoms with E-state index in [4.69, 9.17) is 4.79 Å². The number of likely N-dealkylation sites (N-methyl/N-ethyl adjacent to an activating group) is 1. The molecule has 40 heavy (non-hydrogen) atoms. The van der Waals surface area contributed by atoms with Gasteiger partial charge in [-0.1, -0.05) is 102 Å². The molecule has 0 atom stereocenters. The average molecular weight is 550 g/mol. The molecule has 0 saturated heterocycles. The molecule has 0 aliphatic heterocycles. The van der Waals surface area contributed by atoms with Gasteiger partial charge in [-0.25, -0.2) is 0 Å². The monoisotopic (exact) mass is 549 g/mol. The minimum atomic E-state index is 0.639. The van der Waals surface area contributed by atoms with Gasteiger partial charge in [-0.3, -0.25) is 4.79 Å². The third-order valence-corrected chi connectivity index (χ3v) is 10.9. The van der Waals surface area contributed by atoms with E-state index in [1.54, 1.807) is 56.9 Å². The number of benzene rings is 1. The van der Waals surface area contributed by atoms with E-state index < -0.39 is 0 Å². The average Bonchev–Trinajstić information content (AvgIpc) is 3.00. The fourth-order valence-corrected chi connectivity index (χ4v) is 8.14. The topological polar surface area (TPSA) is 20.3 Å². The number of carbonyl (C=O) groups is 1. The van der Waals surface area contributed by atoms with Gasteiger partial charge >= 0.3 is 0 Å². The van der Waals surface area contributed by atoms with Gasteiger partial charge in [0.05, 0.1) is 0 Å². The van der Waals surface area contributed by atoms with Crippen molar-refractivity contribution in [1.82, 2.24) is 4.90 Å². The van der Waals surface area contributed by atoms with Crippen molar-refractivity contribution in [2.75, 3.05) is 20.6 Å². The molecule has 0 bridgehead atoms. The maximum atomic E-state index is 9.06. The lowest BCUT2D eigenvalue weighted by Gasteiger charge is -2.38. The zero-order chi connectivity index (χ0) is 28.6. The summed E-state index contributed by atoms with van der Waals surface area (Å²) in [7, 11) is 4.33. The molecule has 0 spiro atoms. The summed E-state index contributed by atoms with van der Waals surface area (Å²) >= 11 is 0. The predicted octanol–water partition coefficient (Wildman–Crippen LogP) is 10.4. The highest BCUT2D eigenvalue weighted by Gasteiger charge is 2.31. The minimum absolute atomic E-state index is 0.639. The van der Waals surface area contributed by atoms with Crippen LogP contribution in [0.25, 0.3) is 0 Å². The molecule has 2 heteroatoms. The van der Waals surface area contributed by atoms with Crippen molar-refractivity contribution in [2.45, 2.75) is 135 Å². The van der Waals surface area contributed by atoms with Crippen LogP contribution in [0.3, 0.4) is 0 Å². The van der Waals surface area contributed by atoms with Crippen LogP contribution in [0.4, 0.5) is 0 Å². The first kappa shape index (κ1) is 33.1. The normalized spacial score (nSPS) is 28.9. The Balaban J connectivity index is 0.00000103. The molecule has 0 N–H and O–H groups in total. The van der Waals surface area contributed by atoms with Crippen LogP contribution >= 0.6 is 0 Å². The molecular weight excluding hydrogens is 486 g/mol. The maximum absolute atomic E-state index is 9.06. The molecule has 3 aliphatic rings. The van der Waals surface area contributed by atoms with E-state index in [0.717, 1.165) is 42.1 Å². The number of hydrogen-bond donors (Lipinski definition) is 0. The summed E-state index contributed by atoms with van der Waals surface area (Å²) in [6.45, 7) is 6.60. The lowest BCUT2D eigenvalue weighted by Crippen LogP contribution is -2.26. The second kappa shape index (κ2) is 18.9. The van der Waals surface area contributed by atoms with Crippen LogP contribution in [0.15, 0.2) is 36.9 Å². The zero-order valence-electron chi connectivity index (χ0n) is 26.6. The highest BCUT2D eigenvalue weighted by atomic mass is 16.1. The van der Waals surface area contributed by atoms with Crippen molar-refractivity contribution < 1.29 is 4.79 Å². The third kappa shape index (κ3) is 11.8. The van der Waals surface area contributed by atoms with Crippen molar-refractivity contribution in [3.63, 3.8) is 0 Å². The molecule has 4 rings (SSSR count). The van der Waals surface area contributed by atoms with Crippen molar-refractivity contribution >= 4 is 6.29 Å². The summed E-state index contributed by atoms with van der Waals surface area (Å²) in [6.07, 6.45) is 30.2. The van der Waals surface area contributed by atoms with Crippen LogP contribution in [-0.4, -0.2) is 31.8 Å². The molecule has 0 heterocycles. The minimum Gasteiger partial charge on any atom is -0.309 e. The van der Waals surface area contributed by atoms with E-state index in [0.29, 0.717) is 6.29 Å². The summed E-state index contributed by atoms with van der Waals surface area (Å²) in [4.78, 5) is 11.3. The van der Waals surface area contributed by atoms with E-state index in [1.807, 2.05) is 0 Å². The number of aldehydes is 1. The SMILES string of the molecule is C=CC=O.CCCCCC1CCC(C2CCC(CCC3CCC(c4ccc(CCN(C)C)cc4)CC3)CC2)CC1. The Morgan fingerprint density at radius 1 is 0.725 bits per heavy atom. The third-order valence-electron chi connectivity index (χ3n) is 10.9. The predicted molar refractivity (Wildman–Crippen MR) is 174 cm³/mol. The van der Waals surface area contributed by atoms with E-state index in [-0.39, 0.29) is 0 Å². The zero-order valence-corrected chi connectivity index (χ0v) is 26.6. The van der Waals surface area contributed by atoms with Gasteiger partial charge in [-0.05, 0) is 125 Å². The second-order valence-corrected chi connectivity index (χ2v) is 14.0. The van der Waals surface area contributed by atoms with Crippen LogP contribution in [0, 0.1) is 29.6 Å². The molecule has 3 aliphatic carbocycles. The first-order valence-electron chi connectivity index (χ1n) is 17.3. The van der Waals surface area contributed by atoms with Gasteiger partial charge in [-0.2, -0.15) is 0 Å². The van der Waals surface area contributed by atoms with Crippen molar-refractivity contribution in [3.05, 3.63) is 48.0 Å². The summed E-state index contributed by atoms with van der Waals surface area (Å²) < 4.78 is 0. The number of allylic oxidation sites excluding steroid dienone is 1. The first-order chi connectivity index (χ1) is 19.5. The van der Waals surface area contributed by atoms with E-state index in [2.05, 4.69) is 56.8 Å². The van der Waals surface area contributed by atoms with Crippen LogP contribution in [0.5, 0.6) is 0 Å². The van der Waals surface area contributed by atoms with Crippen molar-refractivity contribution in [1.29, 1.82) is 0 Å². The number of rotatable bonds is 13. The number of unbranched alkanes of at least 4 members (excludes halogenated alkanes) is 2. The highest BCUT2D eigenvalue weighted by molar-refractivity contribution is 5.63. The molecule has 0 radical (unpaired) electrons. The van der Waals surface area contributed by atoms with Crippen LogP contribution in [0.2, 0.25) is 0 Å². The molecule has 0 unspecified atom stereocenters.